The molecule has 5 heteroatoms. The summed E-state index contributed by atoms with van der Waals surface area (Å²) < 4.78 is 5.60. The molecule has 2 atom stereocenters. The second kappa shape index (κ2) is 7.47. The number of carbonyl (C=O) groups excluding carboxylic acids is 1. The summed E-state index contributed by atoms with van der Waals surface area (Å²) in [5.41, 5.74) is 1.13. The molecular weight excluding hydrogens is 321 g/mol. The molecule has 120 valence electrons. The highest BCUT2D eigenvalue weighted by Gasteiger charge is 2.61. The molecular formula is C17H21Cl2NO2. The van der Waals surface area contributed by atoms with Gasteiger partial charge in [-0.15, -0.1) is 0 Å². The van der Waals surface area contributed by atoms with Gasteiger partial charge >= 0.3 is 5.97 Å². The topological polar surface area (TPSA) is 39.2 Å². The Morgan fingerprint density at radius 3 is 2.64 bits per heavy atom. The summed E-state index contributed by atoms with van der Waals surface area (Å²) >= 11 is 11.4. The molecule has 0 amide bonds. The largest absolute Gasteiger partial charge is 0.465 e. The van der Waals surface area contributed by atoms with Gasteiger partial charge in [-0.1, -0.05) is 37.0 Å². The highest BCUT2D eigenvalue weighted by Crippen LogP contribution is 2.60. The Morgan fingerprint density at radius 2 is 2.00 bits per heavy atom. The SMILES string of the molecule is CC1(C)C(C=C(Cl)Cl)C1C(=O)OCCCCc1ccncc1. The second-order valence-corrected chi connectivity index (χ2v) is 7.27. The van der Waals surface area contributed by atoms with E-state index >= 15 is 0 Å². The number of nitrogens with zero attached hydrogens (tertiary/aromatic N) is 1. The Bertz CT molecular complexity index is 539. The zero-order chi connectivity index (χ0) is 16.2. The van der Waals surface area contributed by atoms with Gasteiger partial charge in [0, 0.05) is 12.4 Å². The minimum atomic E-state index is -0.148. The van der Waals surface area contributed by atoms with Gasteiger partial charge in [-0.25, -0.2) is 0 Å². The van der Waals surface area contributed by atoms with Crippen LogP contribution in [0.5, 0.6) is 0 Å². The summed E-state index contributed by atoms with van der Waals surface area (Å²) in [5.74, 6) is -0.216. The molecule has 1 saturated carbocycles. The zero-order valence-corrected chi connectivity index (χ0v) is 14.4. The van der Waals surface area contributed by atoms with Gasteiger partial charge in [0.05, 0.1) is 12.5 Å². The fourth-order valence-electron chi connectivity index (χ4n) is 2.82. The van der Waals surface area contributed by atoms with Crippen LogP contribution < -0.4 is 0 Å². The summed E-state index contributed by atoms with van der Waals surface area (Å²) in [5, 5.41) is 0. The number of carbonyl (C=O) groups is 1. The van der Waals surface area contributed by atoms with Crippen molar-refractivity contribution in [1.29, 1.82) is 0 Å². The molecule has 0 bridgehead atoms. The van der Waals surface area contributed by atoms with Crippen LogP contribution in [0.4, 0.5) is 0 Å². The molecule has 0 radical (unpaired) electrons. The van der Waals surface area contributed by atoms with Crippen molar-refractivity contribution in [2.45, 2.75) is 33.1 Å². The molecule has 1 fully saturated rings. The lowest BCUT2D eigenvalue weighted by Gasteiger charge is -2.06. The third kappa shape index (κ3) is 4.47. The molecule has 1 aliphatic carbocycles. The third-order valence-electron chi connectivity index (χ3n) is 4.32. The number of aromatic nitrogens is 1. The first-order valence-electron chi connectivity index (χ1n) is 7.51. The maximum absolute atomic E-state index is 12.1. The normalized spacial score (nSPS) is 22.0. The van der Waals surface area contributed by atoms with Crippen LogP contribution in [0.1, 0.15) is 32.3 Å². The van der Waals surface area contributed by atoms with Gasteiger partial charge < -0.3 is 4.74 Å². The molecule has 0 spiro atoms. The molecule has 1 aliphatic rings. The van der Waals surface area contributed by atoms with Crippen molar-refractivity contribution in [2.24, 2.45) is 17.3 Å². The number of hydrogen-bond acceptors (Lipinski definition) is 3. The molecule has 1 aromatic heterocycles. The van der Waals surface area contributed by atoms with Gasteiger partial charge in [0.1, 0.15) is 4.49 Å². The van der Waals surface area contributed by atoms with E-state index < -0.39 is 0 Å². The zero-order valence-electron chi connectivity index (χ0n) is 12.9. The van der Waals surface area contributed by atoms with E-state index in [0.717, 1.165) is 19.3 Å². The summed E-state index contributed by atoms with van der Waals surface area (Å²) in [4.78, 5) is 16.1. The molecule has 2 unspecified atom stereocenters. The lowest BCUT2D eigenvalue weighted by atomic mass is 10.1. The first-order valence-corrected chi connectivity index (χ1v) is 8.27. The maximum Gasteiger partial charge on any atom is 0.310 e. The Hall–Kier alpha value is -1.06. The van der Waals surface area contributed by atoms with Crippen molar-refractivity contribution in [3.63, 3.8) is 0 Å². The van der Waals surface area contributed by atoms with E-state index in [2.05, 4.69) is 4.98 Å². The van der Waals surface area contributed by atoms with E-state index in [1.54, 1.807) is 18.5 Å². The Kier molecular flexibility index (Phi) is 5.87. The molecule has 3 nitrogen and oxygen atoms in total. The van der Waals surface area contributed by atoms with Crippen LogP contribution in [0.15, 0.2) is 35.1 Å². The first-order chi connectivity index (χ1) is 10.4. The van der Waals surface area contributed by atoms with Crippen LogP contribution >= 0.6 is 23.2 Å². The molecule has 1 heterocycles. The number of allylic oxidation sites excluding steroid dienone is 1. The number of hydrogen-bond donors (Lipinski definition) is 0. The van der Waals surface area contributed by atoms with E-state index in [1.165, 1.54) is 5.56 Å². The van der Waals surface area contributed by atoms with Gasteiger partial charge in [0.2, 0.25) is 0 Å². The van der Waals surface area contributed by atoms with Crippen molar-refractivity contribution in [3.8, 4) is 0 Å². The Labute approximate surface area is 141 Å². The number of halogens is 2. The van der Waals surface area contributed by atoms with E-state index in [4.69, 9.17) is 27.9 Å². The minimum Gasteiger partial charge on any atom is -0.465 e. The number of pyridine rings is 1. The highest BCUT2D eigenvalue weighted by atomic mass is 35.5. The molecule has 22 heavy (non-hydrogen) atoms. The highest BCUT2D eigenvalue weighted by molar-refractivity contribution is 6.55. The van der Waals surface area contributed by atoms with Gasteiger partial charge in [0.25, 0.3) is 0 Å². The second-order valence-electron chi connectivity index (χ2n) is 6.26. The molecule has 0 aromatic carbocycles. The van der Waals surface area contributed by atoms with Crippen molar-refractivity contribution >= 4 is 29.2 Å². The number of rotatable bonds is 7. The van der Waals surface area contributed by atoms with Crippen LogP contribution in [0, 0.1) is 17.3 Å². The van der Waals surface area contributed by atoms with Crippen molar-refractivity contribution in [3.05, 3.63) is 40.7 Å². The van der Waals surface area contributed by atoms with E-state index in [0.29, 0.717) is 6.61 Å². The number of ether oxygens (including phenoxy) is 1. The maximum atomic E-state index is 12.1. The van der Waals surface area contributed by atoms with Gasteiger partial charge in [-0.3, -0.25) is 9.78 Å². The van der Waals surface area contributed by atoms with Gasteiger partial charge in [-0.05, 0) is 54.4 Å². The number of esters is 1. The van der Waals surface area contributed by atoms with Crippen LogP contribution in [-0.2, 0) is 16.0 Å². The summed E-state index contributed by atoms with van der Waals surface area (Å²) in [6, 6.07) is 4.01. The summed E-state index contributed by atoms with van der Waals surface area (Å²) in [6.07, 6.45) is 8.14. The third-order valence-corrected chi connectivity index (χ3v) is 4.58. The first kappa shape index (κ1) is 17.3. The van der Waals surface area contributed by atoms with Crippen LogP contribution in [-0.4, -0.2) is 17.6 Å². The average molecular weight is 342 g/mol. The van der Waals surface area contributed by atoms with Gasteiger partial charge in [-0.2, -0.15) is 0 Å². The Morgan fingerprint density at radius 1 is 1.32 bits per heavy atom. The van der Waals surface area contributed by atoms with Crippen molar-refractivity contribution in [1.82, 2.24) is 4.98 Å². The quantitative estimate of drug-likeness (QED) is 0.539. The van der Waals surface area contributed by atoms with Gasteiger partial charge in [0.15, 0.2) is 0 Å². The molecule has 0 saturated heterocycles. The van der Waals surface area contributed by atoms with Crippen LogP contribution in [0.3, 0.4) is 0 Å². The standard InChI is InChI=1S/C17H21Cl2NO2/c1-17(2)13(11-14(18)19)15(17)16(21)22-10-4-3-5-12-6-8-20-9-7-12/h6-9,11,13,15H,3-5,10H2,1-2H3. The average Bonchev–Trinajstić information content (AvgIpc) is 2.99. The lowest BCUT2D eigenvalue weighted by Crippen LogP contribution is -2.11. The molecule has 1 aromatic rings. The lowest BCUT2D eigenvalue weighted by molar-refractivity contribution is -0.146. The molecule has 2 rings (SSSR count). The fourth-order valence-corrected chi connectivity index (χ4v) is 3.09. The monoisotopic (exact) mass is 341 g/mol. The van der Waals surface area contributed by atoms with Crippen LogP contribution in [0.25, 0.3) is 0 Å². The minimum absolute atomic E-state index is 0.0711. The number of aryl methyl sites for hydroxylation is 1. The molecule has 0 aliphatic heterocycles. The van der Waals surface area contributed by atoms with E-state index in [1.807, 2.05) is 26.0 Å². The molecule has 0 N–H and O–H groups in total. The fraction of sp³-hybridized carbons (Fsp3) is 0.529. The summed E-state index contributed by atoms with van der Waals surface area (Å²) in [7, 11) is 0. The predicted molar refractivity (Wildman–Crippen MR) is 88.7 cm³/mol. The van der Waals surface area contributed by atoms with Crippen molar-refractivity contribution in [2.75, 3.05) is 6.61 Å². The smallest absolute Gasteiger partial charge is 0.310 e. The van der Waals surface area contributed by atoms with Crippen molar-refractivity contribution < 1.29 is 9.53 Å². The Balaban J connectivity index is 1.67. The predicted octanol–water partition coefficient (Wildman–Crippen LogP) is 4.54. The van der Waals surface area contributed by atoms with Crippen LogP contribution in [0.2, 0.25) is 0 Å². The summed E-state index contributed by atoms with van der Waals surface area (Å²) in [6.45, 7) is 4.52. The number of unbranched alkanes of at least 4 members (excludes halogenated alkanes) is 1. The van der Waals surface area contributed by atoms with E-state index in [9.17, 15) is 4.79 Å². The van der Waals surface area contributed by atoms with E-state index in [-0.39, 0.29) is 27.7 Å².